The first-order valence-corrected chi connectivity index (χ1v) is 11.1. The first-order valence-electron chi connectivity index (χ1n) is 9.00. The summed E-state index contributed by atoms with van der Waals surface area (Å²) in [6.45, 7) is 3.82. The molecule has 148 valence electrons. The van der Waals surface area contributed by atoms with E-state index in [-0.39, 0.29) is 24.1 Å². The van der Waals surface area contributed by atoms with Gasteiger partial charge >= 0.3 is 0 Å². The van der Waals surface area contributed by atoms with Gasteiger partial charge in [-0.15, -0.1) is 22.7 Å². The van der Waals surface area contributed by atoms with Crippen molar-refractivity contribution in [3.63, 3.8) is 0 Å². The Balaban J connectivity index is 1.59. The van der Waals surface area contributed by atoms with Gasteiger partial charge in [-0.1, -0.05) is 23.7 Å². The monoisotopic (exact) mass is 443 g/mol. The predicted molar refractivity (Wildman–Crippen MR) is 120 cm³/mol. The van der Waals surface area contributed by atoms with Crippen molar-refractivity contribution in [3.05, 3.63) is 73.9 Å². The minimum Gasteiger partial charge on any atom is -0.348 e. The summed E-state index contributed by atoms with van der Waals surface area (Å²) in [7, 11) is 0. The highest BCUT2D eigenvalue weighted by atomic mass is 35.5. The molecule has 0 aliphatic carbocycles. The molecule has 5 nitrogen and oxygen atoms in total. The molecule has 0 spiro atoms. The van der Waals surface area contributed by atoms with Crippen LogP contribution in [0.1, 0.15) is 23.4 Å². The Kier molecular flexibility index (Phi) is 5.54. The molecule has 1 aromatic carbocycles. The third-order valence-corrected chi connectivity index (χ3v) is 6.76. The fourth-order valence-electron chi connectivity index (χ4n) is 3.14. The molecule has 4 aromatic rings. The average molecular weight is 444 g/mol. The number of rotatable bonds is 5. The first kappa shape index (κ1) is 19.8. The van der Waals surface area contributed by atoms with Crippen molar-refractivity contribution in [2.45, 2.75) is 26.4 Å². The Labute approximate surface area is 180 Å². The minimum absolute atomic E-state index is 0.0918. The van der Waals surface area contributed by atoms with Gasteiger partial charge in [0, 0.05) is 25.7 Å². The van der Waals surface area contributed by atoms with Crippen LogP contribution < -0.4 is 10.9 Å². The second-order valence-corrected chi connectivity index (χ2v) is 9.34. The van der Waals surface area contributed by atoms with E-state index in [9.17, 15) is 9.59 Å². The molecule has 1 amide bonds. The Morgan fingerprint density at radius 1 is 1.31 bits per heavy atom. The van der Waals surface area contributed by atoms with Crippen molar-refractivity contribution in [1.82, 2.24) is 14.9 Å². The fourth-order valence-corrected chi connectivity index (χ4v) is 5.20. The van der Waals surface area contributed by atoms with Crippen LogP contribution in [0, 0.1) is 6.92 Å². The second kappa shape index (κ2) is 8.10. The van der Waals surface area contributed by atoms with Crippen LogP contribution in [0.5, 0.6) is 0 Å². The van der Waals surface area contributed by atoms with Crippen LogP contribution in [0.25, 0.3) is 20.7 Å². The highest BCUT2D eigenvalue weighted by Crippen LogP contribution is 2.34. The number of hydrogen-bond donors (Lipinski definition) is 1. The number of benzene rings is 1. The maximum atomic E-state index is 13.1. The normalized spacial score (nSPS) is 12.2. The number of nitrogens with zero attached hydrogens (tertiary/aromatic N) is 2. The molecule has 0 radical (unpaired) electrons. The molecule has 4 rings (SSSR count). The molecule has 1 atom stereocenters. The van der Waals surface area contributed by atoms with E-state index in [1.54, 1.807) is 17.4 Å². The number of carbonyl (C=O) groups is 1. The number of fused-ring (bicyclic) bond motifs is 1. The highest BCUT2D eigenvalue weighted by molar-refractivity contribution is 7.19. The van der Waals surface area contributed by atoms with Gasteiger partial charge < -0.3 is 5.32 Å². The van der Waals surface area contributed by atoms with Crippen molar-refractivity contribution in [3.8, 4) is 10.4 Å². The van der Waals surface area contributed by atoms with Crippen LogP contribution in [-0.4, -0.2) is 15.5 Å². The standard InChI is InChI=1S/C21H18ClN3O2S2/c1-12-6-7-17(29-12)16-10-28-20-19(16)21(27)25(11-23-20)9-18(26)24-13(2)14-4-3-5-15(22)8-14/h3-8,10-11,13H,9H2,1-2H3,(H,24,26)/t13-/m0/s1. The molecule has 0 aliphatic rings. The summed E-state index contributed by atoms with van der Waals surface area (Å²) >= 11 is 9.10. The summed E-state index contributed by atoms with van der Waals surface area (Å²) < 4.78 is 1.36. The molecule has 0 aliphatic heterocycles. The second-order valence-electron chi connectivity index (χ2n) is 6.76. The van der Waals surface area contributed by atoms with Crippen molar-refractivity contribution in [2.24, 2.45) is 0 Å². The van der Waals surface area contributed by atoms with Gasteiger partial charge in [0.05, 0.1) is 17.8 Å². The third kappa shape index (κ3) is 4.12. The van der Waals surface area contributed by atoms with E-state index in [1.807, 2.05) is 49.6 Å². The number of nitrogens with one attached hydrogen (secondary N) is 1. The summed E-state index contributed by atoms with van der Waals surface area (Å²) in [5.74, 6) is -0.260. The van der Waals surface area contributed by atoms with Crippen LogP contribution in [0.4, 0.5) is 0 Å². The zero-order valence-corrected chi connectivity index (χ0v) is 18.2. The Hall–Kier alpha value is -2.48. The zero-order chi connectivity index (χ0) is 20.5. The molecular formula is C21H18ClN3O2S2. The maximum absolute atomic E-state index is 13.1. The van der Waals surface area contributed by atoms with Crippen molar-refractivity contribution in [2.75, 3.05) is 0 Å². The predicted octanol–water partition coefficient (Wildman–Crippen LogP) is 5.03. The number of carbonyl (C=O) groups excluding carboxylic acids is 1. The highest BCUT2D eigenvalue weighted by Gasteiger charge is 2.16. The van der Waals surface area contributed by atoms with Crippen LogP contribution in [0.15, 0.2) is 52.9 Å². The summed E-state index contributed by atoms with van der Waals surface area (Å²) in [6.07, 6.45) is 1.44. The van der Waals surface area contributed by atoms with Crippen molar-refractivity contribution >= 4 is 50.4 Å². The lowest BCUT2D eigenvalue weighted by Crippen LogP contribution is -2.33. The molecule has 8 heteroatoms. The number of halogens is 1. The van der Waals surface area contributed by atoms with Gasteiger partial charge in [-0.25, -0.2) is 4.98 Å². The molecule has 29 heavy (non-hydrogen) atoms. The average Bonchev–Trinajstić information content (AvgIpc) is 3.30. The Morgan fingerprint density at radius 3 is 2.86 bits per heavy atom. The Morgan fingerprint density at radius 2 is 2.14 bits per heavy atom. The van der Waals surface area contributed by atoms with Crippen LogP contribution >= 0.6 is 34.3 Å². The van der Waals surface area contributed by atoms with Gasteiger partial charge in [0.1, 0.15) is 11.4 Å². The molecule has 0 saturated heterocycles. The van der Waals surface area contributed by atoms with Crippen LogP contribution in [0.2, 0.25) is 5.02 Å². The lowest BCUT2D eigenvalue weighted by atomic mass is 10.1. The molecule has 0 unspecified atom stereocenters. The lowest BCUT2D eigenvalue weighted by Gasteiger charge is -2.15. The minimum atomic E-state index is -0.260. The van der Waals surface area contributed by atoms with E-state index < -0.39 is 0 Å². The van der Waals surface area contributed by atoms with Gasteiger partial charge in [0.15, 0.2) is 0 Å². The van der Waals surface area contributed by atoms with E-state index >= 15 is 0 Å². The summed E-state index contributed by atoms with van der Waals surface area (Å²) in [5.41, 5.74) is 1.57. The number of aryl methyl sites for hydroxylation is 1. The van der Waals surface area contributed by atoms with Gasteiger partial charge in [-0.05, 0) is 43.7 Å². The zero-order valence-electron chi connectivity index (χ0n) is 15.8. The molecule has 1 N–H and O–H groups in total. The molecular weight excluding hydrogens is 426 g/mol. The summed E-state index contributed by atoms with van der Waals surface area (Å²) in [5, 5.41) is 6.04. The largest absolute Gasteiger partial charge is 0.348 e. The van der Waals surface area contributed by atoms with E-state index in [4.69, 9.17) is 11.6 Å². The Bertz CT molecular complexity index is 1260. The maximum Gasteiger partial charge on any atom is 0.263 e. The summed E-state index contributed by atoms with van der Waals surface area (Å²) in [6, 6.07) is 11.2. The fraction of sp³-hybridized carbons (Fsp3) is 0.190. The molecule has 0 bridgehead atoms. The molecule has 0 saturated carbocycles. The van der Waals surface area contributed by atoms with E-state index in [2.05, 4.69) is 10.3 Å². The quantitative estimate of drug-likeness (QED) is 0.470. The van der Waals surface area contributed by atoms with E-state index in [0.29, 0.717) is 15.2 Å². The molecule has 0 fully saturated rings. The number of aromatic nitrogens is 2. The first-order chi connectivity index (χ1) is 13.9. The van der Waals surface area contributed by atoms with Crippen LogP contribution in [0.3, 0.4) is 0 Å². The number of thiophene rings is 2. The third-order valence-electron chi connectivity index (χ3n) is 4.61. The van der Waals surface area contributed by atoms with Gasteiger partial charge in [-0.3, -0.25) is 14.2 Å². The van der Waals surface area contributed by atoms with Gasteiger partial charge in [0.2, 0.25) is 5.91 Å². The molecule has 3 aromatic heterocycles. The smallest absolute Gasteiger partial charge is 0.263 e. The van der Waals surface area contributed by atoms with E-state index in [1.165, 1.54) is 27.1 Å². The number of amides is 1. The van der Waals surface area contributed by atoms with Crippen molar-refractivity contribution < 1.29 is 4.79 Å². The summed E-state index contributed by atoms with van der Waals surface area (Å²) in [4.78, 5) is 32.9. The van der Waals surface area contributed by atoms with Gasteiger partial charge in [0.25, 0.3) is 5.56 Å². The SMILES string of the molecule is Cc1ccc(-c2csc3ncn(CC(=O)N[C@@H](C)c4cccc(Cl)c4)c(=O)c23)s1. The van der Waals surface area contributed by atoms with Crippen LogP contribution in [-0.2, 0) is 11.3 Å². The molecule has 3 heterocycles. The van der Waals surface area contributed by atoms with Crippen molar-refractivity contribution in [1.29, 1.82) is 0 Å². The van der Waals surface area contributed by atoms with E-state index in [0.717, 1.165) is 16.0 Å². The topological polar surface area (TPSA) is 64.0 Å². The lowest BCUT2D eigenvalue weighted by molar-refractivity contribution is -0.122. The number of hydrogen-bond acceptors (Lipinski definition) is 5. The van der Waals surface area contributed by atoms with Gasteiger partial charge in [-0.2, -0.15) is 0 Å².